The molecule has 0 saturated heterocycles. The van der Waals surface area contributed by atoms with Crippen LogP contribution in [0, 0.1) is 6.92 Å². The molecule has 1 aliphatic heterocycles. The van der Waals surface area contributed by atoms with Crippen molar-refractivity contribution in [2.75, 3.05) is 0 Å². The number of nitrogens with zero attached hydrogens (tertiary/aromatic N) is 4. The van der Waals surface area contributed by atoms with Gasteiger partial charge in [-0.2, -0.15) is 0 Å². The average molecular weight is 323 g/mol. The number of aromatic nitrogens is 4. The SMILES string of the molecule is Cc1cn2c(n1)CC[C@H](NS(=O)(=O)c1cn(C(C)C)cn1)C2. The van der Waals surface area contributed by atoms with Crippen molar-refractivity contribution in [3.63, 3.8) is 0 Å². The largest absolute Gasteiger partial charge is 0.334 e. The van der Waals surface area contributed by atoms with Gasteiger partial charge in [0.2, 0.25) is 0 Å². The maximum Gasteiger partial charge on any atom is 0.259 e. The monoisotopic (exact) mass is 323 g/mol. The van der Waals surface area contributed by atoms with E-state index in [9.17, 15) is 8.42 Å². The molecule has 1 N–H and O–H groups in total. The Labute approximate surface area is 130 Å². The molecule has 2 aromatic rings. The predicted molar refractivity (Wildman–Crippen MR) is 82.0 cm³/mol. The summed E-state index contributed by atoms with van der Waals surface area (Å²) in [6, 6.07) is 0.0536. The first-order valence-corrected chi connectivity index (χ1v) is 8.92. The maximum atomic E-state index is 12.4. The topological polar surface area (TPSA) is 81.8 Å². The molecule has 3 heterocycles. The van der Waals surface area contributed by atoms with Crippen molar-refractivity contribution >= 4 is 10.0 Å². The van der Waals surface area contributed by atoms with E-state index in [0.29, 0.717) is 6.54 Å². The lowest BCUT2D eigenvalue weighted by molar-refractivity contribution is 0.420. The molecule has 2 aromatic heterocycles. The van der Waals surface area contributed by atoms with Crippen molar-refractivity contribution in [3.8, 4) is 0 Å². The maximum absolute atomic E-state index is 12.4. The highest BCUT2D eigenvalue weighted by atomic mass is 32.2. The van der Waals surface area contributed by atoms with E-state index in [1.807, 2.05) is 31.5 Å². The summed E-state index contributed by atoms with van der Waals surface area (Å²) in [5.74, 6) is 1.03. The molecule has 3 rings (SSSR count). The zero-order valence-electron chi connectivity index (χ0n) is 13.0. The molecule has 1 atom stereocenters. The van der Waals surface area contributed by atoms with Crippen LogP contribution in [0.1, 0.15) is 37.8 Å². The molecule has 0 radical (unpaired) electrons. The first kappa shape index (κ1) is 15.2. The van der Waals surface area contributed by atoms with E-state index in [-0.39, 0.29) is 17.1 Å². The van der Waals surface area contributed by atoms with Gasteiger partial charge in [-0.05, 0) is 27.2 Å². The number of imidazole rings is 2. The summed E-state index contributed by atoms with van der Waals surface area (Å²) < 4.78 is 31.5. The van der Waals surface area contributed by atoms with Crippen LogP contribution in [-0.4, -0.2) is 33.6 Å². The highest BCUT2D eigenvalue weighted by Gasteiger charge is 2.26. The Morgan fingerprint density at radius 2 is 2.14 bits per heavy atom. The van der Waals surface area contributed by atoms with E-state index in [1.165, 1.54) is 0 Å². The highest BCUT2D eigenvalue weighted by molar-refractivity contribution is 7.89. The van der Waals surface area contributed by atoms with Crippen LogP contribution in [0.15, 0.2) is 23.7 Å². The molecule has 22 heavy (non-hydrogen) atoms. The number of fused-ring (bicyclic) bond motifs is 1. The third-order valence-electron chi connectivity index (χ3n) is 3.88. The lowest BCUT2D eigenvalue weighted by Gasteiger charge is -2.24. The van der Waals surface area contributed by atoms with Gasteiger partial charge in [0.15, 0.2) is 5.03 Å². The van der Waals surface area contributed by atoms with Crippen LogP contribution < -0.4 is 4.72 Å². The van der Waals surface area contributed by atoms with E-state index >= 15 is 0 Å². The fourth-order valence-electron chi connectivity index (χ4n) is 2.70. The van der Waals surface area contributed by atoms with Crippen molar-refractivity contribution in [1.29, 1.82) is 0 Å². The van der Waals surface area contributed by atoms with Crippen LogP contribution in [0.3, 0.4) is 0 Å². The number of hydrogen-bond acceptors (Lipinski definition) is 4. The third-order valence-corrected chi connectivity index (χ3v) is 5.29. The summed E-state index contributed by atoms with van der Waals surface area (Å²) >= 11 is 0. The number of sulfonamides is 1. The van der Waals surface area contributed by atoms with Gasteiger partial charge in [-0.3, -0.25) is 0 Å². The predicted octanol–water partition coefficient (Wildman–Crippen LogP) is 1.26. The van der Waals surface area contributed by atoms with Crippen LogP contribution in [0.25, 0.3) is 0 Å². The summed E-state index contributed by atoms with van der Waals surface area (Å²) in [5, 5.41) is 0.0776. The van der Waals surface area contributed by atoms with E-state index in [2.05, 4.69) is 14.7 Å². The van der Waals surface area contributed by atoms with Crippen LogP contribution in [-0.2, 0) is 23.0 Å². The van der Waals surface area contributed by atoms with Gasteiger partial charge in [0.25, 0.3) is 10.0 Å². The summed E-state index contributed by atoms with van der Waals surface area (Å²) in [7, 11) is -3.58. The first-order valence-electron chi connectivity index (χ1n) is 7.43. The Morgan fingerprint density at radius 1 is 1.36 bits per heavy atom. The number of nitrogens with one attached hydrogen (secondary N) is 1. The van der Waals surface area contributed by atoms with Crippen molar-refractivity contribution in [3.05, 3.63) is 30.2 Å². The number of aryl methyl sites for hydroxylation is 2. The minimum atomic E-state index is -3.58. The number of hydrogen-bond donors (Lipinski definition) is 1. The minimum Gasteiger partial charge on any atom is -0.334 e. The Morgan fingerprint density at radius 3 is 2.82 bits per heavy atom. The van der Waals surface area contributed by atoms with Gasteiger partial charge >= 0.3 is 0 Å². The Hall–Kier alpha value is -1.67. The van der Waals surface area contributed by atoms with Gasteiger partial charge in [-0.25, -0.2) is 23.1 Å². The molecule has 8 heteroatoms. The normalized spacial score (nSPS) is 18.6. The Kier molecular flexibility index (Phi) is 3.82. The lowest BCUT2D eigenvalue weighted by Crippen LogP contribution is -2.40. The molecular formula is C14H21N5O2S. The summed E-state index contributed by atoms with van der Waals surface area (Å²) in [5.41, 5.74) is 0.967. The summed E-state index contributed by atoms with van der Waals surface area (Å²) in [4.78, 5) is 8.45. The Bertz CT molecular complexity index is 775. The standard InChI is InChI=1S/C14H21N5O2S/c1-10(2)19-8-14(15-9-19)22(20,21)17-12-4-5-13-16-11(3)6-18(13)7-12/h6,8-10,12,17H,4-5,7H2,1-3H3/t12-/m0/s1. The number of rotatable bonds is 4. The van der Waals surface area contributed by atoms with Gasteiger partial charge in [0.1, 0.15) is 5.82 Å². The molecule has 0 amide bonds. The van der Waals surface area contributed by atoms with E-state index in [4.69, 9.17) is 0 Å². The second kappa shape index (κ2) is 5.51. The molecule has 0 aromatic carbocycles. The lowest BCUT2D eigenvalue weighted by atomic mass is 10.1. The molecule has 0 saturated carbocycles. The van der Waals surface area contributed by atoms with Crippen LogP contribution in [0.2, 0.25) is 0 Å². The first-order chi connectivity index (χ1) is 10.3. The molecule has 0 aliphatic carbocycles. The zero-order chi connectivity index (χ0) is 15.9. The fraction of sp³-hybridized carbons (Fsp3) is 0.571. The molecule has 120 valence electrons. The van der Waals surface area contributed by atoms with E-state index < -0.39 is 10.0 Å². The molecule has 0 fully saturated rings. The second-order valence-electron chi connectivity index (χ2n) is 6.06. The highest BCUT2D eigenvalue weighted by Crippen LogP contribution is 2.17. The molecule has 0 bridgehead atoms. The van der Waals surface area contributed by atoms with Gasteiger partial charge in [-0.1, -0.05) is 0 Å². The average Bonchev–Trinajstić information content (AvgIpc) is 3.03. The van der Waals surface area contributed by atoms with Crippen molar-refractivity contribution in [2.45, 2.75) is 57.3 Å². The Balaban J connectivity index is 1.74. The van der Waals surface area contributed by atoms with Gasteiger partial charge in [0.05, 0.1) is 12.0 Å². The molecular weight excluding hydrogens is 302 g/mol. The van der Waals surface area contributed by atoms with E-state index in [0.717, 1.165) is 24.4 Å². The van der Waals surface area contributed by atoms with Gasteiger partial charge < -0.3 is 9.13 Å². The molecule has 0 unspecified atom stereocenters. The minimum absolute atomic E-state index is 0.0776. The molecule has 7 nitrogen and oxygen atoms in total. The third kappa shape index (κ3) is 2.93. The second-order valence-corrected chi connectivity index (χ2v) is 7.72. The zero-order valence-corrected chi connectivity index (χ0v) is 13.8. The molecule has 1 aliphatic rings. The van der Waals surface area contributed by atoms with Crippen molar-refractivity contribution in [1.82, 2.24) is 23.8 Å². The summed E-state index contributed by atoms with van der Waals surface area (Å²) in [6.07, 6.45) is 6.62. The van der Waals surface area contributed by atoms with Crippen LogP contribution in [0.4, 0.5) is 0 Å². The smallest absolute Gasteiger partial charge is 0.259 e. The van der Waals surface area contributed by atoms with Crippen LogP contribution >= 0.6 is 0 Å². The van der Waals surface area contributed by atoms with E-state index in [1.54, 1.807) is 17.1 Å². The molecule has 0 spiro atoms. The van der Waals surface area contributed by atoms with Crippen LogP contribution in [0.5, 0.6) is 0 Å². The van der Waals surface area contributed by atoms with Gasteiger partial charge in [0, 0.05) is 37.4 Å². The van der Waals surface area contributed by atoms with Crippen molar-refractivity contribution in [2.24, 2.45) is 0 Å². The van der Waals surface area contributed by atoms with Crippen molar-refractivity contribution < 1.29 is 8.42 Å². The quantitative estimate of drug-likeness (QED) is 0.918. The summed E-state index contributed by atoms with van der Waals surface area (Å²) in [6.45, 7) is 6.52. The van der Waals surface area contributed by atoms with Gasteiger partial charge in [-0.15, -0.1) is 0 Å². The fourth-order valence-corrected chi connectivity index (χ4v) is 3.90.